The van der Waals surface area contributed by atoms with Crippen molar-refractivity contribution in [3.05, 3.63) is 117 Å². The fourth-order valence-electron chi connectivity index (χ4n) is 9.17. The standard InChI is InChI=1S/C55H62N2O4/c1-32(2)14-12-16-34(5)22-26-54(9)28-24-39-49-41(30-36(7)52(39)60-54)38-18-21-45(59-11)48(51(38)57-49)47-44(58)20-19-43-46(47)42-31-37(8)53-40(50(42)56-43)25-29-55(10,61-53)27-23-35(6)17-13-15-33(3)4/h14-15,18-25,28-31,56-58H,12-13,16-17,26-27H2,1-11H3/t54-,55-/m1/s1. The van der Waals surface area contributed by atoms with Crippen molar-refractivity contribution in [1.29, 1.82) is 0 Å². The fourth-order valence-corrected chi connectivity index (χ4v) is 9.17. The zero-order chi connectivity index (χ0) is 43.4. The van der Waals surface area contributed by atoms with Crippen LogP contribution in [0.3, 0.4) is 0 Å². The topological polar surface area (TPSA) is 79.5 Å². The number of nitrogens with one attached hydrogen (secondary N) is 2. The molecular formula is C55H62N2O4. The van der Waals surface area contributed by atoms with Crippen molar-refractivity contribution >= 4 is 55.8 Å². The van der Waals surface area contributed by atoms with Gasteiger partial charge in [0.25, 0.3) is 0 Å². The molecule has 0 fully saturated rings. The first kappa shape index (κ1) is 41.8. The number of hydrogen-bond acceptors (Lipinski definition) is 4. The average molecular weight is 815 g/mol. The second-order valence-electron chi connectivity index (χ2n) is 18.6. The number of hydrogen-bond donors (Lipinski definition) is 3. The monoisotopic (exact) mass is 814 g/mol. The van der Waals surface area contributed by atoms with Crippen LogP contribution in [-0.2, 0) is 0 Å². The lowest BCUT2D eigenvalue weighted by Crippen LogP contribution is -2.31. The number of aryl methyl sites for hydroxylation is 2. The molecule has 2 atom stereocenters. The minimum atomic E-state index is -0.463. The fraction of sp³-hybridized carbons (Fsp3) is 0.345. The van der Waals surface area contributed by atoms with E-state index in [2.05, 4.69) is 146 Å². The lowest BCUT2D eigenvalue weighted by atomic mass is 9.91. The van der Waals surface area contributed by atoms with E-state index in [9.17, 15) is 5.11 Å². The molecular weight excluding hydrogens is 753 g/mol. The summed E-state index contributed by atoms with van der Waals surface area (Å²) in [5.41, 5.74) is 14.0. The van der Waals surface area contributed by atoms with Gasteiger partial charge in [0, 0.05) is 56.6 Å². The molecule has 6 nitrogen and oxygen atoms in total. The Balaban J connectivity index is 1.21. The second-order valence-corrected chi connectivity index (χ2v) is 18.6. The van der Waals surface area contributed by atoms with Crippen LogP contribution in [0.1, 0.15) is 116 Å². The van der Waals surface area contributed by atoms with Crippen LogP contribution in [0.15, 0.2) is 95.1 Å². The predicted octanol–water partition coefficient (Wildman–Crippen LogP) is 15.4. The molecule has 0 saturated heterocycles. The Morgan fingerprint density at radius 2 is 1.20 bits per heavy atom. The summed E-state index contributed by atoms with van der Waals surface area (Å²) in [4.78, 5) is 7.57. The van der Waals surface area contributed by atoms with Crippen molar-refractivity contribution in [2.75, 3.05) is 7.11 Å². The third kappa shape index (κ3) is 7.93. The first-order valence-corrected chi connectivity index (χ1v) is 21.9. The van der Waals surface area contributed by atoms with Gasteiger partial charge in [-0.25, -0.2) is 0 Å². The van der Waals surface area contributed by atoms with Gasteiger partial charge in [-0.05, 0) is 167 Å². The third-order valence-corrected chi connectivity index (χ3v) is 12.7. The Hall–Kier alpha value is -5.88. The maximum Gasteiger partial charge on any atom is 0.132 e. The molecule has 6 heteroatoms. The Bertz CT molecular complexity index is 2920. The SMILES string of the molecule is COc1ccc2c([nH]c3c4c(c(C)cc32)O[C@](C)(CC=C(C)CCC=C(C)C)C=C4)c1-c1c(O)ccc2[nH]c3c4c(c(C)cc3c12)O[C@](C)(CC=C(C)CCC=C(C)C)C=C4. The quantitative estimate of drug-likeness (QED) is 0.108. The van der Waals surface area contributed by atoms with Crippen molar-refractivity contribution in [3.8, 4) is 34.1 Å². The van der Waals surface area contributed by atoms with E-state index in [1.54, 1.807) is 13.2 Å². The van der Waals surface area contributed by atoms with Crippen LogP contribution in [-0.4, -0.2) is 33.4 Å². The van der Waals surface area contributed by atoms with E-state index in [1.165, 1.54) is 22.3 Å². The van der Waals surface area contributed by atoms with Gasteiger partial charge in [0.15, 0.2) is 0 Å². The van der Waals surface area contributed by atoms with Crippen LogP contribution < -0.4 is 14.2 Å². The minimum absolute atomic E-state index is 0.181. The van der Waals surface area contributed by atoms with Crippen molar-refractivity contribution < 1.29 is 19.3 Å². The highest BCUT2D eigenvalue weighted by molar-refractivity contribution is 6.23. The van der Waals surface area contributed by atoms with Gasteiger partial charge in [0.1, 0.15) is 34.2 Å². The minimum Gasteiger partial charge on any atom is -0.507 e. The summed E-state index contributed by atoms with van der Waals surface area (Å²) < 4.78 is 19.9. The second kappa shape index (κ2) is 16.2. The van der Waals surface area contributed by atoms with Crippen molar-refractivity contribution in [3.63, 3.8) is 0 Å². The van der Waals surface area contributed by atoms with Gasteiger partial charge in [-0.1, -0.05) is 46.6 Å². The summed E-state index contributed by atoms with van der Waals surface area (Å²) in [6, 6.07) is 12.3. The number of fused-ring (bicyclic) bond motifs is 10. The molecule has 6 aromatic rings. The summed E-state index contributed by atoms with van der Waals surface area (Å²) in [6.07, 6.45) is 23.9. The van der Waals surface area contributed by atoms with Gasteiger partial charge in [-0.3, -0.25) is 0 Å². The maximum absolute atomic E-state index is 11.9. The zero-order valence-corrected chi connectivity index (χ0v) is 38.0. The molecule has 0 bridgehead atoms. The largest absolute Gasteiger partial charge is 0.507 e. The Kier molecular flexibility index (Phi) is 11.1. The van der Waals surface area contributed by atoms with Gasteiger partial charge < -0.3 is 29.3 Å². The average Bonchev–Trinajstić information content (AvgIpc) is 3.77. The van der Waals surface area contributed by atoms with Crippen LogP contribution >= 0.6 is 0 Å². The van der Waals surface area contributed by atoms with E-state index in [-0.39, 0.29) is 5.75 Å². The Morgan fingerprint density at radius 1 is 0.656 bits per heavy atom. The molecule has 2 aliphatic rings. The zero-order valence-electron chi connectivity index (χ0n) is 38.0. The highest BCUT2D eigenvalue weighted by Crippen LogP contribution is 2.51. The lowest BCUT2D eigenvalue weighted by Gasteiger charge is -2.32. The number of aromatic nitrogens is 2. The van der Waals surface area contributed by atoms with Gasteiger partial charge in [0.05, 0.1) is 29.2 Å². The first-order valence-electron chi connectivity index (χ1n) is 21.9. The lowest BCUT2D eigenvalue weighted by molar-refractivity contribution is 0.139. The smallest absolute Gasteiger partial charge is 0.132 e. The highest BCUT2D eigenvalue weighted by Gasteiger charge is 2.32. The number of benzene rings is 4. The predicted molar refractivity (Wildman–Crippen MR) is 259 cm³/mol. The molecule has 2 aromatic heterocycles. The normalized spacial score (nSPS) is 18.7. The number of H-pyrrole nitrogens is 2. The van der Waals surface area contributed by atoms with Gasteiger partial charge in [-0.15, -0.1) is 0 Å². The number of rotatable bonds is 12. The molecule has 0 spiro atoms. The molecule has 0 unspecified atom stereocenters. The van der Waals surface area contributed by atoms with Crippen LogP contribution in [0.2, 0.25) is 0 Å². The number of aromatic hydroxyl groups is 1. The first-order chi connectivity index (χ1) is 29.1. The molecule has 4 heterocycles. The molecule has 8 rings (SSSR count). The summed E-state index contributed by atoms with van der Waals surface area (Å²) in [7, 11) is 1.69. The van der Waals surface area contributed by atoms with Crippen LogP contribution in [0, 0.1) is 13.8 Å². The molecule has 0 amide bonds. The van der Waals surface area contributed by atoms with E-state index < -0.39 is 11.2 Å². The van der Waals surface area contributed by atoms with E-state index in [4.69, 9.17) is 14.2 Å². The van der Waals surface area contributed by atoms with Gasteiger partial charge >= 0.3 is 0 Å². The molecule has 61 heavy (non-hydrogen) atoms. The summed E-state index contributed by atoms with van der Waals surface area (Å²) >= 11 is 0. The van der Waals surface area contributed by atoms with Gasteiger partial charge in [-0.2, -0.15) is 0 Å². The van der Waals surface area contributed by atoms with Crippen LogP contribution in [0.5, 0.6) is 23.0 Å². The number of methoxy groups -OCH3 is 1. The van der Waals surface area contributed by atoms with E-state index >= 15 is 0 Å². The van der Waals surface area contributed by atoms with Crippen LogP contribution in [0.25, 0.3) is 66.9 Å². The Labute approximate surface area is 361 Å². The van der Waals surface area contributed by atoms with E-state index in [0.717, 1.165) is 121 Å². The van der Waals surface area contributed by atoms with Gasteiger partial charge in [0.2, 0.25) is 0 Å². The van der Waals surface area contributed by atoms with Crippen molar-refractivity contribution in [2.24, 2.45) is 0 Å². The Morgan fingerprint density at radius 3 is 1.74 bits per heavy atom. The molecule has 0 radical (unpaired) electrons. The van der Waals surface area contributed by atoms with Crippen molar-refractivity contribution in [2.45, 2.75) is 119 Å². The summed E-state index contributed by atoms with van der Waals surface area (Å²) in [5.74, 6) is 2.64. The van der Waals surface area contributed by atoms with E-state index in [0.29, 0.717) is 11.3 Å². The molecule has 316 valence electrons. The molecule has 2 aliphatic heterocycles. The number of ether oxygens (including phenoxy) is 3. The maximum atomic E-state index is 11.9. The highest BCUT2D eigenvalue weighted by atomic mass is 16.5. The molecule has 0 aliphatic carbocycles. The molecule has 4 aromatic carbocycles. The number of phenolic OH excluding ortho intramolecular Hbond substituents is 1. The molecule has 3 N–H and O–H groups in total. The molecule has 0 saturated carbocycles. The van der Waals surface area contributed by atoms with Crippen LogP contribution in [0.4, 0.5) is 0 Å². The van der Waals surface area contributed by atoms with E-state index in [1.807, 2.05) is 12.1 Å². The summed E-state index contributed by atoms with van der Waals surface area (Å²) in [5, 5.41) is 16.0. The number of allylic oxidation sites excluding steroid dienone is 6. The summed E-state index contributed by atoms with van der Waals surface area (Å²) in [6.45, 7) is 21.6. The number of aromatic amines is 2. The third-order valence-electron chi connectivity index (χ3n) is 12.7. The van der Waals surface area contributed by atoms with Crippen molar-refractivity contribution in [1.82, 2.24) is 9.97 Å². The number of phenols is 1.